The van der Waals surface area contributed by atoms with E-state index in [9.17, 15) is 5.11 Å². The SMILES string of the molecule is CC[NH+](Cc1ccc2c(c1)OCCO2)C[C@@H](O)CO[C@@H]1CCCc2ccccc21. The van der Waals surface area contributed by atoms with Gasteiger partial charge in [0.25, 0.3) is 0 Å². The normalized spacial score (nSPS) is 20.0. The Labute approximate surface area is 173 Å². The molecule has 2 aliphatic rings. The second-order valence-electron chi connectivity index (χ2n) is 8.03. The molecule has 5 nitrogen and oxygen atoms in total. The minimum atomic E-state index is -0.476. The van der Waals surface area contributed by atoms with Gasteiger partial charge in [0, 0.05) is 5.56 Å². The lowest BCUT2D eigenvalue weighted by atomic mass is 9.89. The molecule has 1 heterocycles. The molecule has 1 aliphatic carbocycles. The standard InChI is InChI=1S/C24H31NO4/c1-2-25(15-18-10-11-23-24(14-18)28-13-12-27-23)16-20(26)17-29-22-9-5-7-19-6-3-4-8-21(19)22/h3-4,6,8,10-11,14,20,22,26H,2,5,7,9,12-13,15-17H2,1H3/p+1/t20-,22-/m1/s1. The Kier molecular flexibility index (Phi) is 6.70. The molecule has 2 aromatic carbocycles. The van der Waals surface area contributed by atoms with Crippen LogP contribution in [-0.4, -0.2) is 44.1 Å². The Morgan fingerprint density at radius 1 is 1.14 bits per heavy atom. The van der Waals surface area contributed by atoms with Gasteiger partial charge in [-0.05, 0) is 55.5 Å². The number of benzene rings is 2. The number of hydrogen-bond donors (Lipinski definition) is 2. The highest BCUT2D eigenvalue weighted by Gasteiger charge is 2.23. The van der Waals surface area contributed by atoms with Gasteiger partial charge in [-0.2, -0.15) is 0 Å². The Balaban J connectivity index is 1.30. The molecule has 29 heavy (non-hydrogen) atoms. The van der Waals surface area contributed by atoms with E-state index in [1.165, 1.54) is 21.6 Å². The zero-order chi connectivity index (χ0) is 20.1. The van der Waals surface area contributed by atoms with Crippen molar-refractivity contribution in [3.8, 4) is 11.5 Å². The summed E-state index contributed by atoms with van der Waals surface area (Å²) >= 11 is 0. The third-order valence-electron chi connectivity index (χ3n) is 5.89. The number of aryl methyl sites for hydroxylation is 1. The highest BCUT2D eigenvalue weighted by molar-refractivity contribution is 5.43. The molecule has 5 heteroatoms. The minimum absolute atomic E-state index is 0.109. The van der Waals surface area contributed by atoms with Gasteiger partial charge in [-0.1, -0.05) is 24.3 Å². The summed E-state index contributed by atoms with van der Waals surface area (Å²) in [6.45, 7) is 6.19. The maximum atomic E-state index is 10.6. The quantitative estimate of drug-likeness (QED) is 0.717. The number of fused-ring (bicyclic) bond motifs is 2. The van der Waals surface area contributed by atoms with Gasteiger partial charge in [-0.3, -0.25) is 0 Å². The van der Waals surface area contributed by atoms with Crippen LogP contribution in [0.15, 0.2) is 42.5 Å². The lowest BCUT2D eigenvalue weighted by Gasteiger charge is -2.27. The summed E-state index contributed by atoms with van der Waals surface area (Å²) in [6, 6.07) is 14.7. The summed E-state index contributed by atoms with van der Waals surface area (Å²) in [5, 5.41) is 10.6. The van der Waals surface area contributed by atoms with Crippen molar-refractivity contribution < 1.29 is 24.2 Å². The van der Waals surface area contributed by atoms with E-state index < -0.39 is 6.10 Å². The van der Waals surface area contributed by atoms with Crippen molar-refractivity contribution >= 4 is 0 Å². The second-order valence-corrected chi connectivity index (χ2v) is 8.03. The fourth-order valence-corrected chi connectivity index (χ4v) is 4.33. The van der Waals surface area contributed by atoms with E-state index in [1.54, 1.807) is 0 Å². The molecule has 0 radical (unpaired) electrons. The number of ether oxygens (including phenoxy) is 3. The van der Waals surface area contributed by atoms with Crippen LogP contribution in [0.25, 0.3) is 0 Å². The molecule has 2 aromatic rings. The van der Waals surface area contributed by atoms with Gasteiger partial charge in [0.15, 0.2) is 11.5 Å². The molecule has 2 N–H and O–H groups in total. The topological polar surface area (TPSA) is 52.4 Å². The van der Waals surface area contributed by atoms with E-state index >= 15 is 0 Å². The zero-order valence-electron chi connectivity index (χ0n) is 17.2. The Bertz CT molecular complexity index is 809. The zero-order valence-corrected chi connectivity index (χ0v) is 17.2. The number of likely N-dealkylation sites (N-methyl/N-ethyl adjacent to an activating group) is 1. The number of rotatable bonds is 8. The second kappa shape index (κ2) is 9.61. The average Bonchev–Trinajstić information content (AvgIpc) is 2.77. The fourth-order valence-electron chi connectivity index (χ4n) is 4.33. The monoisotopic (exact) mass is 398 g/mol. The maximum Gasteiger partial charge on any atom is 0.161 e. The van der Waals surface area contributed by atoms with Crippen molar-refractivity contribution in [2.75, 3.05) is 32.9 Å². The highest BCUT2D eigenvalue weighted by atomic mass is 16.6. The predicted molar refractivity (Wildman–Crippen MR) is 112 cm³/mol. The van der Waals surface area contributed by atoms with E-state index in [-0.39, 0.29) is 6.10 Å². The van der Waals surface area contributed by atoms with E-state index in [4.69, 9.17) is 14.2 Å². The molecule has 0 amide bonds. The summed E-state index contributed by atoms with van der Waals surface area (Å²) in [6.07, 6.45) is 2.94. The van der Waals surface area contributed by atoms with Crippen LogP contribution in [0.4, 0.5) is 0 Å². The van der Waals surface area contributed by atoms with E-state index in [2.05, 4.69) is 43.3 Å². The van der Waals surface area contributed by atoms with Crippen LogP contribution in [-0.2, 0) is 17.7 Å². The maximum absolute atomic E-state index is 10.6. The van der Waals surface area contributed by atoms with Gasteiger partial charge in [-0.25, -0.2) is 0 Å². The third-order valence-corrected chi connectivity index (χ3v) is 5.89. The summed E-state index contributed by atoms with van der Waals surface area (Å²) < 4.78 is 17.4. The summed E-state index contributed by atoms with van der Waals surface area (Å²) in [5.74, 6) is 1.64. The van der Waals surface area contributed by atoms with E-state index in [1.807, 2.05) is 6.07 Å². The van der Waals surface area contributed by atoms with Crippen LogP contribution in [0.5, 0.6) is 11.5 Å². The lowest BCUT2D eigenvalue weighted by Crippen LogP contribution is -3.11. The lowest BCUT2D eigenvalue weighted by molar-refractivity contribution is -0.915. The van der Waals surface area contributed by atoms with Crippen LogP contribution in [0.3, 0.4) is 0 Å². The molecule has 4 rings (SSSR count). The van der Waals surface area contributed by atoms with Crippen LogP contribution in [0.1, 0.15) is 42.6 Å². The van der Waals surface area contributed by atoms with Crippen molar-refractivity contribution in [3.05, 3.63) is 59.2 Å². The number of aliphatic hydroxyl groups excluding tert-OH is 1. The highest BCUT2D eigenvalue weighted by Crippen LogP contribution is 2.32. The minimum Gasteiger partial charge on any atom is -0.486 e. The van der Waals surface area contributed by atoms with Gasteiger partial charge < -0.3 is 24.2 Å². The van der Waals surface area contributed by atoms with E-state index in [0.717, 1.165) is 43.9 Å². The van der Waals surface area contributed by atoms with Gasteiger partial charge in [0.1, 0.15) is 32.4 Å². The van der Waals surface area contributed by atoms with Gasteiger partial charge in [-0.15, -0.1) is 0 Å². The number of nitrogens with one attached hydrogen (secondary N) is 1. The van der Waals surface area contributed by atoms with Crippen LogP contribution < -0.4 is 14.4 Å². The number of hydrogen-bond acceptors (Lipinski definition) is 4. The fraction of sp³-hybridized carbons (Fsp3) is 0.500. The Hall–Kier alpha value is -2.08. The molecular weight excluding hydrogens is 366 g/mol. The Morgan fingerprint density at radius 2 is 1.97 bits per heavy atom. The van der Waals surface area contributed by atoms with Gasteiger partial charge >= 0.3 is 0 Å². The molecule has 1 aliphatic heterocycles. The first-order chi connectivity index (χ1) is 14.2. The molecule has 156 valence electrons. The smallest absolute Gasteiger partial charge is 0.161 e. The van der Waals surface area contributed by atoms with E-state index in [0.29, 0.717) is 26.4 Å². The number of aliphatic hydroxyl groups is 1. The van der Waals surface area contributed by atoms with Crippen LogP contribution in [0.2, 0.25) is 0 Å². The summed E-state index contributed by atoms with van der Waals surface area (Å²) in [4.78, 5) is 1.32. The molecule has 0 saturated heterocycles. The van der Waals surface area contributed by atoms with Crippen molar-refractivity contribution in [1.29, 1.82) is 0 Å². The first-order valence-electron chi connectivity index (χ1n) is 10.8. The summed E-state index contributed by atoms with van der Waals surface area (Å²) in [7, 11) is 0. The molecular formula is C24H32NO4+. The first-order valence-corrected chi connectivity index (χ1v) is 10.8. The Morgan fingerprint density at radius 3 is 2.83 bits per heavy atom. The van der Waals surface area contributed by atoms with Gasteiger partial charge in [0.05, 0.1) is 19.3 Å². The largest absolute Gasteiger partial charge is 0.486 e. The van der Waals surface area contributed by atoms with Crippen molar-refractivity contribution in [2.45, 2.75) is 44.9 Å². The molecule has 0 bridgehead atoms. The molecule has 3 atom stereocenters. The van der Waals surface area contributed by atoms with Crippen molar-refractivity contribution in [3.63, 3.8) is 0 Å². The predicted octanol–water partition coefficient (Wildman–Crippen LogP) is 2.32. The molecule has 0 saturated carbocycles. The molecule has 1 unspecified atom stereocenters. The summed E-state index contributed by atoms with van der Waals surface area (Å²) in [5.41, 5.74) is 3.88. The molecule has 0 aromatic heterocycles. The van der Waals surface area contributed by atoms with Crippen LogP contribution in [0, 0.1) is 0 Å². The first kappa shape index (κ1) is 20.2. The van der Waals surface area contributed by atoms with Crippen molar-refractivity contribution in [1.82, 2.24) is 0 Å². The molecule has 0 spiro atoms. The van der Waals surface area contributed by atoms with Crippen molar-refractivity contribution in [2.24, 2.45) is 0 Å². The van der Waals surface area contributed by atoms with Gasteiger partial charge in [0.2, 0.25) is 0 Å². The third kappa shape index (κ3) is 5.10. The van der Waals surface area contributed by atoms with Crippen LogP contribution >= 0.6 is 0 Å². The average molecular weight is 399 g/mol. The molecule has 0 fully saturated rings. The number of quaternary nitrogens is 1.